The van der Waals surface area contributed by atoms with Crippen molar-refractivity contribution < 1.29 is 28.6 Å². The Kier molecular flexibility index (Phi) is 7.18. The molecule has 0 bridgehead atoms. The van der Waals surface area contributed by atoms with Crippen LogP contribution < -0.4 is 5.32 Å². The number of rotatable bonds is 4. The van der Waals surface area contributed by atoms with Crippen LogP contribution >= 0.6 is 0 Å². The minimum Gasteiger partial charge on any atom is -0.444 e. The molecule has 0 heterocycles. The maximum atomic E-state index is 11.9. The molecule has 0 spiro atoms. The molecule has 0 aliphatic carbocycles. The predicted octanol–water partition coefficient (Wildman–Crippen LogP) is 2.62. The van der Waals surface area contributed by atoms with Crippen molar-refractivity contribution in [3.63, 3.8) is 0 Å². The summed E-state index contributed by atoms with van der Waals surface area (Å²) in [4.78, 5) is 34.9. The topological polar surface area (TPSA) is 90.9 Å². The molecule has 0 radical (unpaired) electrons. The minimum atomic E-state index is -1.09. The molecule has 0 aliphatic heterocycles. The first-order chi connectivity index (χ1) is 9.42. The lowest BCUT2D eigenvalue weighted by Crippen LogP contribution is -2.47. The number of hydrogen-bond acceptors (Lipinski definition) is 6. The zero-order chi connectivity index (χ0) is 16.8. The second-order valence-corrected chi connectivity index (χ2v) is 6.21. The first kappa shape index (κ1) is 19.2. The Balaban J connectivity index is 4.65. The maximum absolute atomic E-state index is 11.9. The number of hydrogen-bond donors (Lipinski definition) is 1. The molecule has 1 N–H and O–H groups in total. The van der Waals surface area contributed by atoms with Gasteiger partial charge in [-0.1, -0.05) is 13.8 Å². The summed E-state index contributed by atoms with van der Waals surface area (Å²) in [6.45, 7) is 11.8. The third kappa shape index (κ3) is 8.88. The molecule has 0 saturated carbocycles. The molecule has 0 aromatic carbocycles. The molecule has 0 aliphatic rings. The van der Waals surface area contributed by atoms with E-state index in [4.69, 9.17) is 9.47 Å². The number of ether oxygens (including phenoxy) is 3. The van der Waals surface area contributed by atoms with Gasteiger partial charge in [0.15, 0.2) is 0 Å². The fraction of sp³-hybridized carbons (Fsp3) is 0.786. The van der Waals surface area contributed by atoms with Gasteiger partial charge in [0.1, 0.15) is 11.6 Å². The van der Waals surface area contributed by atoms with E-state index >= 15 is 0 Å². The molecule has 0 fully saturated rings. The van der Waals surface area contributed by atoms with Crippen LogP contribution in [-0.4, -0.2) is 36.0 Å². The molecule has 1 amide bonds. The van der Waals surface area contributed by atoms with Crippen molar-refractivity contribution in [2.45, 2.75) is 66.2 Å². The quantitative estimate of drug-likeness (QED) is 0.634. The van der Waals surface area contributed by atoms with Crippen molar-refractivity contribution in [1.82, 2.24) is 5.32 Å². The number of amides is 1. The number of esters is 1. The molecule has 0 unspecified atom stereocenters. The standard InChI is InChI=1S/C14H25NO6/c1-8(2)10(15-12(17)21-14(5,6)7)11(16)20-13(18)19-9(3)4/h8-10H,1-7H3,(H,15,17)/t10-/m0/s1. The third-order valence-electron chi connectivity index (χ3n) is 2.11. The van der Waals surface area contributed by atoms with Crippen molar-refractivity contribution in [1.29, 1.82) is 0 Å². The van der Waals surface area contributed by atoms with Gasteiger partial charge in [-0.05, 0) is 40.5 Å². The van der Waals surface area contributed by atoms with Crippen LogP contribution in [0, 0.1) is 5.92 Å². The van der Waals surface area contributed by atoms with E-state index < -0.39 is 36.0 Å². The molecule has 0 aromatic rings. The highest BCUT2D eigenvalue weighted by Gasteiger charge is 2.30. The van der Waals surface area contributed by atoms with E-state index in [1.807, 2.05) is 0 Å². The first-order valence-corrected chi connectivity index (χ1v) is 6.84. The molecular formula is C14H25NO6. The van der Waals surface area contributed by atoms with Gasteiger partial charge >= 0.3 is 18.2 Å². The molecule has 122 valence electrons. The van der Waals surface area contributed by atoms with E-state index in [9.17, 15) is 14.4 Å². The molecule has 7 nitrogen and oxygen atoms in total. The van der Waals surface area contributed by atoms with Crippen LogP contribution in [-0.2, 0) is 19.0 Å². The van der Waals surface area contributed by atoms with Crippen LogP contribution in [0.3, 0.4) is 0 Å². The fourth-order valence-corrected chi connectivity index (χ4v) is 1.29. The van der Waals surface area contributed by atoms with Crippen LogP contribution in [0.1, 0.15) is 48.5 Å². The maximum Gasteiger partial charge on any atom is 0.516 e. The van der Waals surface area contributed by atoms with Crippen molar-refractivity contribution in [2.75, 3.05) is 0 Å². The Morgan fingerprint density at radius 1 is 1.00 bits per heavy atom. The van der Waals surface area contributed by atoms with Gasteiger partial charge in [-0.15, -0.1) is 0 Å². The summed E-state index contributed by atoms with van der Waals surface area (Å²) in [5.41, 5.74) is -0.688. The average Bonchev–Trinajstić information content (AvgIpc) is 2.21. The van der Waals surface area contributed by atoms with Gasteiger partial charge in [0.2, 0.25) is 0 Å². The SMILES string of the molecule is CC(C)OC(=O)OC(=O)[C@@H](NC(=O)OC(C)(C)C)C(C)C. The normalized spacial score (nSPS) is 12.8. The number of carbonyl (C=O) groups is 3. The van der Waals surface area contributed by atoms with Crippen LogP contribution in [0.15, 0.2) is 0 Å². The van der Waals surface area contributed by atoms with E-state index in [-0.39, 0.29) is 5.92 Å². The fourth-order valence-electron chi connectivity index (χ4n) is 1.29. The summed E-state index contributed by atoms with van der Waals surface area (Å²) in [5, 5.41) is 2.39. The zero-order valence-electron chi connectivity index (χ0n) is 13.7. The molecule has 0 saturated heterocycles. The highest BCUT2D eigenvalue weighted by molar-refractivity contribution is 5.88. The molecule has 0 rings (SSSR count). The summed E-state index contributed by atoms with van der Waals surface area (Å²) in [6, 6.07) is -1.00. The third-order valence-corrected chi connectivity index (χ3v) is 2.11. The van der Waals surface area contributed by atoms with Crippen molar-refractivity contribution in [3.05, 3.63) is 0 Å². The smallest absolute Gasteiger partial charge is 0.444 e. The largest absolute Gasteiger partial charge is 0.516 e. The Morgan fingerprint density at radius 3 is 1.90 bits per heavy atom. The van der Waals surface area contributed by atoms with Crippen LogP contribution in [0.2, 0.25) is 0 Å². The van der Waals surface area contributed by atoms with Crippen LogP contribution in [0.4, 0.5) is 9.59 Å². The number of alkyl carbamates (subject to hydrolysis) is 1. The highest BCUT2D eigenvalue weighted by Crippen LogP contribution is 2.10. The lowest BCUT2D eigenvalue weighted by Gasteiger charge is -2.24. The van der Waals surface area contributed by atoms with E-state index in [0.717, 1.165) is 0 Å². The van der Waals surface area contributed by atoms with E-state index in [1.54, 1.807) is 48.5 Å². The van der Waals surface area contributed by atoms with Gasteiger partial charge in [0.25, 0.3) is 0 Å². The summed E-state index contributed by atoms with van der Waals surface area (Å²) in [7, 11) is 0. The van der Waals surface area contributed by atoms with Crippen molar-refractivity contribution in [3.8, 4) is 0 Å². The van der Waals surface area contributed by atoms with Gasteiger partial charge in [0.05, 0.1) is 6.10 Å². The van der Waals surface area contributed by atoms with Gasteiger partial charge in [-0.2, -0.15) is 0 Å². The summed E-state index contributed by atoms with van der Waals surface area (Å²) >= 11 is 0. The molecule has 0 aromatic heterocycles. The average molecular weight is 303 g/mol. The second-order valence-electron chi connectivity index (χ2n) is 6.21. The highest BCUT2D eigenvalue weighted by atomic mass is 16.7. The summed E-state index contributed by atoms with van der Waals surface area (Å²) in [6.07, 6.45) is -2.25. The Hall–Kier alpha value is -1.79. The lowest BCUT2D eigenvalue weighted by atomic mass is 10.1. The van der Waals surface area contributed by atoms with Gasteiger partial charge in [0, 0.05) is 0 Å². The van der Waals surface area contributed by atoms with Crippen LogP contribution in [0.25, 0.3) is 0 Å². The van der Waals surface area contributed by atoms with E-state index in [0.29, 0.717) is 0 Å². The second kappa shape index (κ2) is 7.85. The Labute approximate surface area is 125 Å². The molecule has 21 heavy (non-hydrogen) atoms. The van der Waals surface area contributed by atoms with Gasteiger partial charge in [-0.3, -0.25) is 0 Å². The van der Waals surface area contributed by atoms with Gasteiger partial charge in [-0.25, -0.2) is 14.4 Å². The Bertz CT molecular complexity index is 383. The predicted molar refractivity (Wildman–Crippen MR) is 75.7 cm³/mol. The van der Waals surface area contributed by atoms with E-state index in [1.165, 1.54) is 0 Å². The molecule has 7 heteroatoms. The molecular weight excluding hydrogens is 278 g/mol. The Morgan fingerprint density at radius 2 is 1.52 bits per heavy atom. The monoisotopic (exact) mass is 303 g/mol. The minimum absolute atomic E-state index is 0.281. The van der Waals surface area contributed by atoms with Crippen LogP contribution in [0.5, 0.6) is 0 Å². The zero-order valence-corrected chi connectivity index (χ0v) is 13.7. The van der Waals surface area contributed by atoms with Gasteiger partial charge < -0.3 is 19.5 Å². The van der Waals surface area contributed by atoms with Crippen molar-refractivity contribution >= 4 is 18.2 Å². The van der Waals surface area contributed by atoms with Crippen molar-refractivity contribution in [2.24, 2.45) is 5.92 Å². The summed E-state index contributed by atoms with van der Waals surface area (Å²) < 4.78 is 14.3. The summed E-state index contributed by atoms with van der Waals surface area (Å²) in [5.74, 6) is -1.17. The van der Waals surface area contributed by atoms with E-state index in [2.05, 4.69) is 10.1 Å². The molecule has 1 atom stereocenters. The lowest BCUT2D eigenvalue weighted by molar-refractivity contribution is -0.143. The number of nitrogens with one attached hydrogen (secondary N) is 1. The first-order valence-electron chi connectivity index (χ1n) is 6.84. The number of carbonyl (C=O) groups excluding carboxylic acids is 3.